The van der Waals surface area contributed by atoms with E-state index in [4.69, 9.17) is 0 Å². The number of hydrogen-bond donors (Lipinski definition) is 1. The van der Waals surface area contributed by atoms with Crippen molar-refractivity contribution in [2.24, 2.45) is 11.0 Å². The Morgan fingerprint density at radius 3 is 2.62 bits per heavy atom. The second-order valence-electron chi connectivity index (χ2n) is 5.08. The standard InChI is InChI=1S/C13H16N4O4/c1-9-4-2-3-5-11(9)14-15-12-7-6-10(16(18)19)8-13(12)17(20)21/h6-9,15H,2-5H2,1H3/b14-11-/t9-/m1/s1. The zero-order valence-electron chi connectivity index (χ0n) is 11.6. The van der Waals surface area contributed by atoms with Gasteiger partial charge in [0.15, 0.2) is 0 Å². The van der Waals surface area contributed by atoms with Crippen molar-refractivity contribution in [2.75, 3.05) is 5.43 Å². The van der Waals surface area contributed by atoms with E-state index in [0.29, 0.717) is 5.92 Å². The summed E-state index contributed by atoms with van der Waals surface area (Å²) in [5, 5.41) is 25.9. The predicted octanol–water partition coefficient (Wildman–Crippen LogP) is 3.48. The fourth-order valence-corrected chi connectivity index (χ4v) is 2.35. The number of nitrogens with one attached hydrogen (secondary N) is 1. The summed E-state index contributed by atoms with van der Waals surface area (Å²) in [6.45, 7) is 2.07. The molecule has 1 aliphatic rings. The van der Waals surface area contributed by atoms with Crippen molar-refractivity contribution in [3.8, 4) is 0 Å². The number of benzene rings is 1. The van der Waals surface area contributed by atoms with Crippen LogP contribution in [0.5, 0.6) is 0 Å². The molecule has 1 fully saturated rings. The highest BCUT2D eigenvalue weighted by molar-refractivity contribution is 5.88. The molecule has 1 aromatic carbocycles. The summed E-state index contributed by atoms with van der Waals surface area (Å²) in [6, 6.07) is 3.47. The van der Waals surface area contributed by atoms with E-state index in [2.05, 4.69) is 17.5 Å². The molecule has 0 amide bonds. The summed E-state index contributed by atoms with van der Waals surface area (Å²) < 4.78 is 0. The summed E-state index contributed by atoms with van der Waals surface area (Å²) in [4.78, 5) is 20.4. The summed E-state index contributed by atoms with van der Waals surface area (Å²) in [5.41, 5.74) is 3.16. The molecule has 21 heavy (non-hydrogen) atoms. The molecule has 2 rings (SSSR count). The molecule has 0 aromatic heterocycles. The van der Waals surface area contributed by atoms with E-state index in [1.807, 2.05) is 0 Å². The number of hydrazone groups is 1. The van der Waals surface area contributed by atoms with Crippen LogP contribution >= 0.6 is 0 Å². The van der Waals surface area contributed by atoms with Crippen molar-refractivity contribution in [2.45, 2.75) is 32.6 Å². The minimum atomic E-state index is -0.661. The molecule has 0 bridgehead atoms. The topological polar surface area (TPSA) is 111 Å². The van der Waals surface area contributed by atoms with Crippen molar-refractivity contribution >= 4 is 22.8 Å². The average molecular weight is 292 g/mol. The molecule has 8 heteroatoms. The predicted molar refractivity (Wildman–Crippen MR) is 78.4 cm³/mol. The molecule has 1 N–H and O–H groups in total. The van der Waals surface area contributed by atoms with Crippen LogP contribution in [0.3, 0.4) is 0 Å². The third kappa shape index (κ3) is 3.53. The van der Waals surface area contributed by atoms with Crippen molar-refractivity contribution in [3.05, 3.63) is 38.4 Å². The van der Waals surface area contributed by atoms with E-state index in [1.54, 1.807) is 0 Å². The molecule has 0 spiro atoms. The molecule has 0 radical (unpaired) electrons. The molecular weight excluding hydrogens is 276 g/mol. The second kappa shape index (κ2) is 6.29. The molecule has 0 heterocycles. The first-order valence-electron chi connectivity index (χ1n) is 6.74. The third-order valence-electron chi connectivity index (χ3n) is 3.60. The lowest BCUT2D eigenvalue weighted by molar-refractivity contribution is -0.393. The van der Waals surface area contributed by atoms with E-state index >= 15 is 0 Å². The number of rotatable bonds is 4. The highest BCUT2D eigenvalue weighted by Crippen LogP contribution is 2.29. The summed E-state index contributed by atoms with van der Waals surface area (Å²) >= 11 is 0. The summed E-state index contributed by atoms with van der Waals surface area (Å²) in [5.74, 6) is 0.350. The van der Waals surface area contributed by atoms with E-state index in [9.17, 15) is 20.2 Å². The third-order valence-corrected chi connectivity index (χ3v) is 3.60. The number of nitro groups is 2. The van der Waals surface area contributed by atoms with Crippen LogP contribution in [0.15, 0.2) is 23.3 Å². The quantitative estimate of drug-likeness (QED) is 0.674. The van der Waals surface area contributed by atoms with Crippen LogP contribution in [-0.4, -0.2) is 15.6 Å². The van der Waals surface area contributed by atoms with Gasteiger partial charge in [-0.2, -0.15) is 5.10 Å². The Hall–Kier alpha value is -2.51. The van der Waals surface area contributed by atoms with Crippen LogP contribution in [0.1, 0.15) is 32.6 Å². The first-order chi connectivity index (χ1) is 9.99. The molecule has 112 valence electrons. The zero-order chi connectivity index (χ0) is 15.4. The second-order valence-corrected chi connectivity index (χ2v) is 5.08. The van der Waals surface area contributed by atoms with Crippen LogP contribution in [0.25, 0.3) is 0 Å². The average Bonchev–Trinajstić information content (AvgIpc) is 2.46. The molecule has 0 unspecified atom stereocenters. The fraction of sp³-hybridized carbons (Fsp3) is 0.462. The van der Waals surface area contributed by atoms with Gasteiger partial charge >= 0.3 is 5.69 Å². The van der Waals surface area contributed by atoms with Crippen molar-refractivity contribution < 1.29 is 9.85 Å². The van der Waals surface area contributed by atoms with E-state index in [-0.39, 0.29) is 17.1 Å². The Kier molecular flexibility index (Phi) is 4.46. The van der Waals surface area contributed by atoms with Crippen LogP contribution in [0, 0.1) is 26.1 Å². The highest BCUT2D eigenvalue weighted by atomic mass is 16.6. The van der Waals surface area contributed by atoms with Gasteiger partial charge in [0.25, 0.3) is 5.69 Å². The van der Waals surface area contributed by atoms with E-state index < -0.39 is 9.85 Å². The smallest absolute Gasteiger partial charge is 0.272 e. The van der Waals surface area contributed by atoms with Crippen molar-refractivity contribution in [1.29, 1.82) is 0 Å². The van der Waals surface area contributed by atoms with Crippen molar-refractivity contribution in [3.63, 3.8) is 0 Å². The van der Waals surface area contributed by atoms with Gasteiger partial charge in [-0.15, -0.1) is 0 Å². The van der Waals surface area contributed by atoms with Gasteiger partial charge in [-0.1, -0.05) is 13.3 Å². The van der Waals surface area contributed by atoms with Crippen LogP contribution in [-0.2, 0) is 0 Å². The van der Waals surface area contributed by atoms with Crippen LogP contribution in [0.4, 0.5) is 17.1 Å². The maximum Gasteiger partial charge on any atom is 0.301 e. The Balaban J connectivity index is 2.25. The Morgan fingerprint density at radius 2 is 2.00 bits per heavy atom. The van der Waals surface area contributed by atoms with Gasteiger partial charge in [-0.3, -0.25) is 25.7 Å². The van der Waals surface area contributed by atoms with Gasteiger partial charge in [0, 0.05) is 11.8 Å². The minimum absolute atomic E-state index is 0.163. The lowest BCUT2D eigenvalue weighted by Crippen LogP contribution is -2.17. The number of non-ortho nitro benzene ring substituents is 1. The fourth-order valence-electron chi connectivity index (χ4n) is 2.35. The zero-order valence-corrected chi connectivity index (χ0v) is 11.6. The number of hydrogen-bond acceptors (Lipinski definition) is 6. The highest BCUT2D eigenvalue weighted by Gasteiger charge is 2.20. The van der Waals surface area contributed by atoms with Gasteiger partial charge in [-0.05, 0) is 31.2 Å². The largest absolute Gasteiger partial charge is 0.301 e. The molecule has 8 nitrogen and oxygen atoms in total. The Bertz CT molecular complexity index is 600. The van der Waals surface area contributed by atoms with Crippen molar-refractivity contribution in [1.82, 2.24) is 0 Å². The first-order valence-corrected chi connectivity index (χ1v) is 6.74. The molecule has 1 aliphatic carbocycles. The summed E-state index contributed by atoms with van der Waals surface area (Å²) in [7, 11) is 0. The number of nitro benzene ring substituents is 2. The molecule has 1 saturated carbocycles. The molecule has 1 atom stereocenters. The number of nitrogens with zero attached hydrogens (tertiary/aromatic N) is 3. The van der Waals surface area contributed by atoms with Gasteiger partial charge in [0.1, 0.15) is 5.69 Å². The SMILES string of the molecule is C[C@@H]1CCCC/C1=N/Nc1ccc([N+](=O)[O-])cc1[N+](=O)[O-]. The lowest BCUT2D eigenvalue weighted by atomic mass is 9.89. The van der Waals surface area contributed by atoms with Gasteiger partial charge in [0.05, 0.1) is 15.9 Å². The molecular formula is C13H16N4O4. The maximum absolute atomic E-state index is 11.0. The lowest BCUT2D eigenvalue weighted by Gasteiger charge is -2.19. The summed E-state index contributed by atoms with van der Waals surface area (Å²) in [6.07, 6.45) is 4.16. The monoisotopic (exact) mass is 292 g/mol. The Morgan fingerprint density at radius 1 is 1.24 bits per heavy atom. The van der Waals surface area contributed by atoms with E-state index in [0.717, 1.165) is 37.5 Å². The Labute approximate surface area is 121 Å². The minimum Gasteiger partial charge on any atom is -0.272 e. The van der Waals surface area contributed by atoms with Gasteiger partial charge in [-0.25, -0.2) is 0 Å². The molecule has 0 saturated heterocycles. The number of anilines is 1. The molecule has 0 aliphatic heterocycles. The van der Waals surface area contributed by atoms with Crippen LogP contribution in [0.2, 0.25) is 0 Å². The van der Waals surface area contributed by atoms with Gasteiger partial charge in [0.2, 0.25) is 0 Å². The van der Waals surface area contributed by atoms with E-state index in [1.165, 1.54) is 12.1 Å². The van der Waals surface area contributed by atoms with Gasteiger partial charge < -0.3 is 0 Å². The van der Waals surface area contributed by atoms with Crippen LogP contribution < -0.4 is 5.43 Å². The maximum atomic E-state index is 11.0. The normalized spacial score (nSPS) is 20.2. The first kappa shape index (κ1) is 14.9. The molecule has 1 aromatic rings.